The van der Waals surface area contributed by atoms with Gasteiger partial charge in [-0.05, 0) is 13.3 Å². The molecule has 1 aromatic rings. The van der Waals surface area contributed by atoms with Gasteiger partial charge in [0.15, 0.2) is 9.84 Å². The number of hydrogen-bond acceptors (Lipinski definition) is 5. The van der Waals surface area contributed by atoms with Gasteiger partial charge in [0.1, 0.15) is 5.69 Å². The fourth-order valence-electron chi connectivity index (χ4n) is 2.20. The number of aromatic nitrogens is 2. The van der Waals surface area contributed by atoms with Gasteiger partial charge in [0, 0.05) is 19.3 Å². The molecule has 0 aromatic carbocycles. The molecule has 1 saturated heterocycles. The van der Waals surface area contributed by atoms with Crippen LogP contribution >= 0.6 is 0 Å². The molecule has 3 N–H and O–H groups in total. The number of rotatable bonds is 4. The van der Waals surface area contributed by atoms with Crippen molar-refractivity contribution in [3.63, 3.8) is 0 Å². The van der Waals surface area contributed by atoms with E-state index in [1.54, 1.807) is 17.7 Å². The summed E-state index contributed by atoms with van der Waals surface area (Å²) in [6.07, 6.45) is 3.58. The first-order valence-electron chi connectivity index (χ1n) is 6.08. The monoisotopic (exact) mass is 286 g/mol. The lowest BCUT2D eigenvalue weighted by Crippen LogP contribution is -2.47. The molecule has 2 rings (SSSR count). The summed E-state index contributed by atoms with van der Waals surface area (Å²) in [4.78, 5) is 16.0. The van der Waals surface area contributed by atoms with Gasteiger partial charge in [-0.25, -0.2) is 13.4 Å². The lowest BCUT2D eigenvalue weighted by atomic mass is 10.0. The zero-order chi connectivity index (χ0) is 14.1. The summed E-state index contributed by atoms with van der Waals surface area (Å²) in [5.74, 6) is -0.254. The van der Waals surface area contributed by atoms with Crippen LogP contribution in [-0.2, 0) is 16.4 Å². The lowest BCUT2D eigenvalue weighted by Gasteiger charge is -2.23. The minimum atomic E-state index is -3.04. The molecule has 1 unspecified atom stereocenters. The Morgan fingerprint density at radius 3 is 2.95 bits per heavy atom. The standard InChI is InChI=1S/C11H18N4O3S/c1-11(2-5-19(17,18)7-11)14-10(16)9-6-15(4-3-12)8-13-9/h6,8H,2-5,7,12H2,1H3,(H,14,16). The van der Waals surface area contributed by atoms with E-state index in [-0.39, 0.29) is 23.1 Å². The SMILES string of the molecule is CC1(NC(=O)c2cn(CCN)cn2)CCS(=O)(=O)C1. The van der Waals surface area contributed by atoms with Crippen LogP contribution in [0.5, 0.6) is 0 Å². The fraction of sp³-hybridized carbons (Fsp3) is 0.636. The van der Waals surface area contributed by atoms with Crippen LogP contribution in [0, 0.1) is 0 Å². The molecule has 1 amide bonds. The highest BCUT2D eigenvalue weighted by Gasteiger charge is 2.39. The molecule has 19 heavy (non-hydrogen) atoms. The van der Waals surface area contributed by atoms with Crippen LogP contribution in [0.2, 0.25) is 0 Å². The fourth-order valence-corrected chi connectivity index (χ4v) is 4.29. The smallest absolute Gasteiger partial charge is 0.271 e. The number of amides is 1. The first kappa shape index (κ1) is 14.0. The number of hydrogen-bond donors (Lipinski definition) is 2. The van der Waals surface area contributed by atoms with E-state index in [4.69, 9.17) is 5.73 Å². The number of imidazole rings is 1. The molecule has 7 nitrogen and oxygen atoms in total. The van der Waals surface area contributed by atoms with Crippen LogP contribution in [0.1, 0.15) is 23.8 Å². The molecule has 106 valence electrons. The van der Waals surface area contributed by atoms with Crippen LogP contribution in [-0.4, -0.2) is 47.5 Å². The Hall–Kier alpha value is -1.41. The first-order chi connectivity index (χ1) is 8.84. The van der Waals surface area contributed by atoms with Crippen molar-refractivity contribution >= 4 is 15.7 Å². The topological polar surface area (TPSA) is 107 Å². The minimum Gasteiger partial charge on any atom is -0.344 e. The molecule has 1 atom stereocenters. The Morgan fingerprint density at radius 1 is 1.63 bits per heavy atom. The summed E-state index contributed by atoms with van der Waals surface area (Å²) in [5.41, 5.74) is 4.99. The van der Waals surface area contributed by atoms with E-state index in [2.05, 4.69) is 10.3 Å². The van der Waals surface area contributed by atoms with Crippen molar-refractivity contribution in [2.24, 2.45) is 5.73 Å². The maximum absolute atomic E-state index is 12.0. The van der Waals surface area contributed by atoms with E-state index in [1.807, 2.05) is 0 Å². The molecule has 0 aliphatic carbocycles. The largest absolute Gasteiger partial charge is 0.344 e. The molecule has 8 heteroatoms. The van der Waals surface area contributed by atoms with Gasteiger partial charge < -0.3 is 15.6 Å². The van der Waals surface area contributed by atoms with E-state index in [0.717, 1.165) is 0 Å². The predicted octanol–water partition coefficient (Wildman–Crippen LogP) is -0.851. The van der Waals surface area contributed by atoms with Crippen LogP contribution in [0.4, 0.5) is 0 Å². The molecule has 0 bridgehead atoms. The molecule has 2 heterocycles. The summed E-state index contributed by atoms with van der Waals surface area (Å²) in [6.45, 7) is 2.80. The Kier molecular flexibility index (Phi) is 3.64. The van der Waals surface area contributed by atoms with Gasteiger partial charge in [-0.3, -0.25) is 4.79 Å². The van der Waals surface area contributed by atoms with E-state index >= 15 is 0 Å². The van der Waals surface area contributed by atoms with Gasteiger partial charge in [0.2, 0.25) is 0 Å². The number of nitrogens with one attached hydrogen (secondary N) is 1. The first-order valence-corrected chi connectivity index (χ1v) is 7.90. The molecule has 0 saturated carbocycles. The van der Waals surface area contributed by atoms with Crippen molar-refractivity contribution in [1.29, 1.82) is 0 Å². The average molecular weight is 286 g/mol. The minimum absolute atomic E-state index is 0.0186. The Bertz CT molecular complexity index is 581. The lowest BCUT2D eigenvalue weighted by molar-refractivity contribution is 0.0910. The van der Waals surface area contributed by atoms with Gasteiger partial charge in [-0.2, -0.15) is 0 Å². The van der Waals surface area contributed by atoms with Crippen molar-refractivity contribution in [3.05, 3.63) is 18.2 Å². The van der Waals surface area contributed by atoms with Crippen molar-refractivity contribution in [3.8, 4) is 0 Å². The highest BCUT2D eigenvalue weighted by atomic mass is 32.2. The maximum Gasteiger partial charge on any atom is 0.271 e. The van der Waals surface area contributed by atoms with E-state index in [0.29, 0.717) is 19.5 Å². The normalized spacial score (nSPS) is 25.4. The number of nitrogens with two attached hydrogens (primary N) is 1. The second kappa shape index (κ2) is 4.93. The summed E-state index contributed by atoms with van der Waals surface area (Å²) in [5, 5.41) is 2.76. The quantitative estimate of drug-likeness (QED) is 0.749. The van der Waals surface area contributed by atoms with Gasteiger partial charge in [0.25, 0.3) is 5.91 Å². The number of carbonyl (C=O) groups excluding carboxylic acids is 1. The number of nitrogens with zero attached hydrogens (tertiary/aromatic N) is 2. The molecular formula is C11H18N4O3S. The van der Waals surface area contributed by atoms with Crippen molar-refractivity contribution in [2.75, 3.05) is 18.1 Å². The van der Waals surface area contributed by atoms with Crippen molar-refractivity contribution in [2.45, 2.75) is 25.4 Å². The van der Waals surface area contributed by atoms with Gasteiger partial charge >= 0.3 is 0 Å². The molecule has 1 aliphatic heterocycles. The van der Waals surface area contributed by atoms with E-state index in [1.165, 1.54) is 6.33 Å². The summed E-state index contributed by atoms with van der Waals surface area (Å²) < 4.78 is 24.7. The predicted molar refractivity (Wildman–Crippen MR) is 70.4 cm³/mol. The molecule has 1 fully saturated rings. The second-order valence-electron chi connectivity index (χ2n) is 5.14. The summed E-state index contributed by atoms with van der Waals surface area (Å²) in [7, 11) is -3.04. The van der Waals surface area contributed by atoms with Gasteiger partial charge in [0.05, 0.1) is 23.4 Å². The average Bonchev–Trinajstić information content (AvgIpc) is 2.84. The van der Waals surface area contributed by atoms with E-state index in [9.17, 15) is 13.2 Å². The Labute approximate surface area is 112 Å². The van der Waals surface area contributed by atoms with Crippen LogP contribution in [0.25, 0.3) is 0 Å². The molecule has 0 radical (unpaired) electrons. The summed E-state index contributed by atoms with van der Waals surface area (Å²) >= 11 is 0. The Balaban J connectivity index is 2.04. The highest BCUT2D eigenvalue weighted by molar-refractivity contribution is 7.91. The molecule has 1 aliphatic rings. The zero-order valence-electron chi connectivity index (χ0n) is 10.8. The summed E-state index contributed by atoms with van der Waals surface area (Å²) in [6, 6.07) is 0. The van der Waals surface area contributed by atoms with Gasteiger partial charge in [-0.1, -0.05) is 0 Å². The maximum atomic E-state index is 12.0. The third-order valence-corrected chi connectivity index (χ3v) is 5.07. The highest BCUT2D eigenvalue weighted by Crippen LogP contribution is 2.23. The third kappa shape index (κ3) is 3.32. The van der Waals surface area contributed by atoms with Crippen molar-refractivity contribution in [1.82, 2.24) is 14.9 Å². The molecular weight excluding hydrogens is 268 g/mol. The van der Waals surface area contributed by atoms with Crippen LogP contribution in [0.15, 0.2) is 12.5 Å². The number of carbonyl (C=O) groups is 1. The molecule has 0 spiro atoms. The number of sulfone groups is 1. The van der Waals surface area contributed by atoms with Crippen LogP contribution < -0.4 is 11.1 Å². The third-order valence-electron chi connectivity index (χ3n) is 3.17. The van der Waals surface area contributed by atoms with Crippen molar-refractivity contribution < 1.29 is 13.2 Å². The Morgan fingerprint density at radius 2 is 2.37 bits per heavy atom. The molecule has 1 aromatic heterocycles. The zero-order valence-corrected chi connectivity index (χ0v) is 11.6. The second-order valence-corrected chi connectivity index (χ2v) is 7.33. The van der Waals surface area contributed by atoms with Crippen LogP contribution in [0.3, 0.4) is 0 Å². The van der Waals surface area contributed by atoms with E-state index < -0.39 is 15.4 Å². The van der Waals surface area contributed by atoms with Gasteiger partial charge in [-0.15, -0.1) is 0 Å².